The summed E-state index contributed by atoms with van der Waals surface area (Å²) in [5, 5.41) is 13.3. The number of carbonyl (C=O) groups excluding carboxylic acids is 2. The van der Waals surface area contributed by atoms with E-state index in [2.05, 4.69) is 5.32 Å². The predicted molar refractivity (Wildman–Crippen MR) is 98.7 cm³/mol. The molecule has 8 heteroatoms. The van der Waals surface area contributed by atoms with Crippen LogP contribution in [0.15, 0.2) is 42.5 Å². The van der Waals surface area contributed by atoms with Crippen molar-refractivity contribution >= 4 is 23.3 Å². The van der Waals surface area contributed by atoms with Gasteiger partial charge in [-0.25, -0.2) is 4.79 Å². The monoisotopic (exact) mass is 372 g/mol. The van der Waals surface area contributed by atoms with Gasteiger partial charge in [-0.1, -0.05) is 18.2 Å². The first-order valence-electron chi connectivity index (χ1n) is 8.21. The molecule has 0 saturated carbocycles. The molecule has 0 aliphatic carbocycles. The maximum atomic E-state index is 12.0. The summed E-state index contributed by atoms with van der Waals surface area (Å²) in [4.78, 5) is 34.2. The molecular formula is C19H20N2O6. The molecule has 0 aliphatic rings. The zero-order valence-corrected chi connectivity index (χ0v) is 15.2. The lowest BCUT2D eigenvalue weighted by Gasteiger charge is -2.14. The minimum absolute atomic E-state index is 0.145. The molecule has 2 aromatic carbocycles. The van der Waals surface area contributed by atoms with Crippen LogP contribution < -0.4 is 10.1 Å². The van der Waals surface area contributed by atoms with Crippen LogP contribution in [0.3, 0.4) is 0 Å². The quantitative estimate of drug-likeness (QED) is 0.454. The van der Waals surface area contributed by atoms with E-state index in [-0.39, 0.29) is 11.4 Å². The lowest BCUT2D eigenvalue weighted by Crippen LogP contribution is -2.29. The molecule has 1 N–H and O–H groups in total. The third-order valence-corrected chi connectivity index (χ3v) is 3.69. The number of benzene rings is 2. The van der Waals surface area contributed by atoms with E-state index >= 15 is 0 Å². The zero-order valence-electron chi connectivity index (χ0n) is 15.2. The van der Waals surface area contributed by atoms with E-state index in [1.54, 1.807) is 25.1 Å². The largest absolute Gasteiger partial charge is 0.479 e. The Labute approximate surface area is 156 Å². The molecule has 0 bridgehead atoms. The maximum absolute atomic E-state index is 12.0. The number of hydrogen-bond acceptors (Lipinski definition) is 6. The van der Waals surface area contributed by atoms with Gasteiger partial charge < -0.3 is 14.8 Å². The van der Waals surface area contributed by atoms with Gasteiger partial charge in [0, 0.05) is 12.1 Å². The number of nitrogens with one attached hydrogen (secondary N) is 1. The highest BCUT2D eigenvalue weighted by Crippen LogP contribution is 2.21. The molecule has 0 aromatic heterocycles. The second kappa shape index (κ2) is 8.79. The molecule has 142 valence electrons. The van der Waals surface area contributed by atoms with Gasteiger partial charge >= 0.3 is 5.97 Å². The average molecular weight is 372 g/mol. The normalized spacial score (nSPS) is 11.4. The molecule has 0 heterocycles. The van der Waals surface area contributed by atoms with Crippen molar-refractivity contribution in [2.45, 2.75) is 26.9 Å². The third kappa shape index (κ3) is 5.81. The second-order valence-electron chi connectivity index (χ2n) is 5.99. The molecule has 0 spiro atoms. The van der Waals surface area contributed by atoms with Crippen molar-refractivity contribution < 1.29 is 24.0 Å². The number of carbonyl (C=O) groups is 2. The highest BCUT2D eigenvalue weighted by atomic mass is 16.6. The molecule has 0 saturated heterocycles. The Morgan fingerprint density at radius 3 is 2.59 bits per heavy atom. The van der Waals surface area contributed by atoms with Crippen molar-refractivity contribution in [2.75, 3.05) is 11.9 Å². The number of rotatable bonds is 7. The Hall–Kier alpha value is -3.42. The van der Waals surface area contributed by atoms with E-state index in [4.69, 9.17) is 9.47 Å². The maximum Gasteiger partial charge on any atom is 0.347 e. The van der Waals surface area contributed by atoms with E-state index in [1.165, 1.54) is 25.1 Å². The van der Waals surface area contributed by atoms with Crippen LogP contribution in [0.4, 0.5) is 11.4 Å². The smallest absolute Gasteiger partial charge is 0.347 e. The molecule has 0 aliphatic heterocycles. The van der Waals surface area contributed by atoms with Gasteiger partial charge in [0.25, 0.3) is 11.6 Å². The van der Waals surface area contributed by atoms with Crippen LogP contribution in [0.5, 0.6) is 5.75 Å². The van der Waals surface area contributed by atoms with Gasteiger partial charge in [0.1, 0.15) is 5.75 Å². The van der Waals surface area contributed by atoms with Crippen LogP contribution in [0.1, 0.15) is 18.1 Å². The van der Waals surface area contributed by atoms with Crippen LogP contribution in [0.25, 0.3) is 0 Å². The van der Waals surface area contributed by atoms with Gasteiger partial charge in [0.15, 0.2) is 12.7 Å². The van der Waals surface area contributed by atoms with Crippen molar-refractivity contribution in [2.24, 2.45) is 0 Å². The van der Waals surface area contributed by atoms with E-state index in [9.17, 15) is 19.7 Å². The fraction of sp³-hybridized carbons (Fsp3) is 0.263. The minimum atomic E-state index is -0.890. The molecular weight excluding hydrogens is 352 g/mol. The van der Waals surface area contributed by atoms with Gasteiger partial charge in [-0.15, -0.1) is 0 Å². The number of nitro groups is 1. The first-order valence-corrected chi connectivity index (χ1v) is 8.21. The number of ether oxygens (including phenoxy) is 2. The highest BCUT2D eigenvalue weighted by Gasteiger charge is 2.18. The van der Waals surface area contributed by atoms with Crippen molar-refractivity contribution in [3.8, 4) is 5.75 Å². The summed E-state index contributed by atoms with van der Waals surface area (Å²) >= 11 is 0. The topological polar surface area (TPSA) is 108 Å². The Morgan fingerprint density at radius 1 is 1.19 bits per heavy atom. The molecule has 2 rings (SSSR count). The third-order valence-electron chi connectivity index (χ3n) is 3.69. The van der Waals surface area contributed by atoms with E-state index in [1.807, 2.05) is 13.0 Å². The number of anilines is 1. The van der Waals surface area contributed by atoms with Gasteiger partial charge in [0.05, 0.1) is 10.6 Å². The van der Waals surface area contributed by atoms with E-state index in [0.717, 1.165) is 5.56 Å². The minimum Gasteiger partial charge on any atom is -0.479 e. The SMILES string of the molecule is Cc1cccc(O[C@@H](C)C(=O)OCC(=O)Nc2cc([N+](=O)[O-])ccc2C)c1. The molecule has 8 nitrogen and oxygen atoms in total. The number of hydrogen-bond donors (Lipinski definition) is 1. The predicted octanol–water partition coefficient (Wildman–Crippen LogP) is 3.16. The number of nitro benzene ring substituents is 1. The zero-order chi connectivity index (χ0) is 20.0. The fourth-order valence-corrected chi connectivity index (χ4v) is 2.24. The molecule has 1 atom stereocenters. The molecule has 27 heavy (non-hydrogen) atoms. The van der Waals surface area contributed by atoms with Gasteiger partial charge in [-0.05, 0) is 44.0 Å². The van der Waals surface area contributed by atoms with Gasteiger partial charge in [-0.2, -0.15) is 0 Å². The van der Waals surface area contributed by atoms with Crippen molar-refractivity contribution in [1.82, 2.24) is 0 Å². The summed E-state index contributed by atoms with van der Waals surface area (Å²) in [6.45, 7) is 4.59. The van der Waals surface area contributed by atoms with Crippen molar-refractivity contribution in [1.29, 1.82) is 0 Å². The number of nitrogens with zero attached hydrogens (tertiary/aromatic N) is 1. The van der Waals surface area contributed by atoms with Gasteiger partial charge in [0.2, 0.25) is 0 Å². The van der Waals surface area contributed by atoms with E-state index in [0.29, 0.717) is 11.3 Å². The van der Waals surface area contributed by atoms with Crippen LogP contribution in [-0.4, -0.2) is 29.5 Å². The highest BCUT2D eigenvalue weighted by molar-refractivity contribution is 5.94. The molecule has 2 aromatic rings. The lowest BCUT2D eigenvalue weighted by atomic mass is 10.2. The molecule has 0 radical (unpaired) electrons. The summed E-state index contributed by atoms with van der Waals surface area (Å²) in [6.07, 6.45) is -0.890. The van der Waals surface area contributed by atoms with Crippen LogP contribution in [0.2, 0.25) is 0 Å². The molecule has 0 fully saturated rings. The summed E-state index contributed by atoms with van der Waals surface area (Å²) < 4.78 is 10.4. The van der Waals surface area contributed by atoms with Crippen molar-refractivity contribution in [3.05, 3.63) is 63.7 Å². The Morgan fingerprint density at radius 2 is 1.93 bits per heavy atom. The molecule has 0 unspecified atom stereocenters. The first-order chi connectivity index (χ1) is 12.8. The summed E-state index contributed by atoms with van der Waals surface area (Å²) in [6, 6.07) is 11.3. The number of amides is 1. The fourth-order valence-electron chi connectivity index (χ4n) is 2.24. The van der Waals surface area contributed by atoms with Crippen LogP contribution >= 0.6 is 0 Å². The lowest BCUT2D eigenvalue weighted by molar-refractivity contribution is -0.384. The van der Waals surface area contributed by atoms with Crippen LogP contribution in [-0.2, 0) is 14.3 Å². The Bertz CT molecular complexity index is 865. The van der Waals surface area contributed by atoms with Crippen LogP contribution in [0, 0.1) is 24.0 Å². The molecule has 1 amide bonds. The summed E-state index contributed by atoms with van der Waals surface area (Å²) in [5.74, 6) is -0.770. The first kappa shape index (κ1) is 19.9. The number of esters is 1. The standard InChI is InChI=1S/C19H20N2O6/c1-12-5-4-6-16(9-12)27-14(3)19(23)26-11-18(22)20-17-10-15(21(24)25)8-7-13(17)2/h4-10,14H,11H2,1-3H3,(H,20,22)/t14-/m0/s1. The average Bonchev–Trinajstić information content (AvgIpc) is 2.61. The van der Waals surface area contributed by atoms with Gasteiger partial charge in [-0.3, -0.25) is 14.9 Å². The number of non-ortho nitro benzene ring substituents is 1. The van der Waals surface area contributed by atoms with Crippen molar-refractivity contribution in [3.63, 3.8) is 0 Å². The second-order valence-corrected chi connectivity index (χ2v) is 5.99. The summed E-state index contributed by atoms with van der Waals surface area (Å²) in [5.41, 5.74) is 1.78. The van der Waals surface area contributed by atoms with E-state index < -0.39 is 29.5 Å². The Balaban J connectivity index is 1.88. The summed E-state index contributed by atoms with van der Waals surface area (Å²) in [7, 11) is 0. The number of aryl methyl sites for hydroxylation is 2. The Kier molecular flexibility index (Phi) is 6.48.